The molecular weight excluding hydrogens is 238 g/mol. The van der Waals surface area contributed by atoms with Gasteiger partial charge >= 0.3 is 0 Å². The molecule has 0 aliphatic heterocycles. The first-order valence-electron chi connectivity index (χ1n) is 7.49. The molecule has 1 atom stereocenters. The third-order valence-electron chi connectivity index (χ3n) is 4.59. The molecule has 1 saturated carbocycles. The largest absolute Gasteiger partial charge is 0.314 e. The number of hydrogen-bond acceptors (Lipinski definition) is 2. The van der Waals surface area contributed by atoms with Crippen LogP contribution in [0.5, 0.6) is 0 Å². The molecule has 1 fully saturated rings. The van der Waals surface area contributed by atoms with Gasteiger partial charge in [-0.1, -0.05) is 33.1 Å². The molecule has 1 unspecified atom stereocenters. The Morgan fingerprint density at radius 1 is 1.33 bits per heavy atom. The predicted octanol–water partition coefficient (Wildman–Crippen LogP) is 4.63. The standard InChI is InChI=1S/C16H27NS/c1-3-17-15(8-7-14-9-12-18-13-14)16(2)10-5-4-6-11-16/h9,12-13,15,17H,3-8,10-11H2,1-2H3. The van der Waals surface area contributed by atoms with Crippen LogP contribution in [0.15, 0.2) is 16.8 Å². The Bertz CT molecular complexity index is 325. The Balaban J connectivity index is 1.93. The Kier molecular flexibility index (Phi) is 5.25. The van der Waals surface area contributed by atoms with Crippen molar-refractivity contribution in [2.75, 3.05) is 6.54 Å². The van der Waals surface area contributed by atoms with Crippen molar-refractivity contribution in [2.24, 2.45) is 5.41 Å². The third kappa shape index (κ3) is 3.58. The molecule has 1 aromatic heterocycles. The second-order valence-corrected chi connectivity index (χ2v) is 6.78. The summed E-state index contributed by atoms with van der Waals surface area (Å²) in [7, 11) is 0. The van der Waals surface area contributed by atoms with Crippen molar-refractivity contribution in [1.29, 1.82) is 0 Å². The predicted molar refractivity (Wildman–Crippen MR) is 81.3 cm³/mol. The van der Waals surface area contributed by atoms with Crippen LogP contribution in [0.3, 0.4) is 0 Å². The van der Waals surface area contributed by atoms with Gasteiger partial charge in [0.25, 0.3) is 0 Å². The maximum atomic E-state index is 3.76. The molecule has 0 radical (unpaired) electrons. The maximum absolute atomic E-state index is 3.76. The molecule has 0 saturated heterocycles. The van der Waals surface area contributed by atoms with Gasteiger partial charge < -0.3 is 5.32 Å². The second-order valence-electron chi connectivity index (χ2n) is 6.00. The van der Waals surface area contributed by atoms with Gasteiger partial charge in [-0.15, -0.1) is 0 Å². The fourth-order valence-electron chi connectivity index (χ4n) is 3.40. The first-order valence-corrected chi connectivity index (χ1v) is 8.43. The van der Waals surface area contributed by atoms with Crippen molar-refractivity contribution in [3.8, 4) is 0 Å². The Hall–Kier alpha value is -0.340. The number of thiophene rings is 1. The summed E-state index contributed by atoms with van der Waals surface area (Å²) in [5.41, 5.74) is 2.05. The molecule has 0 amide bonds. The quantitative estimate of drug-likeness (QED) is 0.791. The van der Waals surface area contributed by atoms with E-state index in [4.69, 9.17) is 0 Å². The first-order chi connectivity index (χ1) is 8.74. The highest BCUT2D eigenvalue weighted by atomic mass is 32.1. The van der Waals surface area contributed by atoms with Crippen LogP contribution in [0.1, 0.15) is 57.9 Å². The van der Waals surface area contributed by atoms with Gasteiger partial charge in [0.2, 0.25) is 0 Å². The van der Waals surface area contributed by atoms with Gasteiger partial charge in [-0.3, -0.25) is 0 Å². The molecular formula is C16H27NS. The zero-order valence-corrected chi connectivity index (χ0v) is 12.7. The minimum Gasteiger partial charge on any atom is -0.314 e. The first kappa shape index (κ1) is 14.1. The van der Waals surface area contributed by atoms with Gasteiger partial charge in [-0.05, 0) is 60.0 Å². The Morgan fingerprint density at radius 3 is 2.72 bits per heavy atom. The highest BCUT2D eigenvalue weighted by Crippen LogP contribution is 2.40. The monoisotopic (exact) mass is 265 g/mol. The second kappa shape index (κ2) is 6.72. The number of nitrogens with one attached hydrogen (secondary N) is 1. The lowest BCUT2D eigenvalue weighted by Gasteiger charge is -2.41. The zero-order valence-electron chi connectivity index (χ0n) is 11.9. The highest BCUT2D eigenvalue weighted by Gasteiger charge is 2.34. The number of rotatable bonds is 6. The van der Waals surface area contributed by atoms with E-state index in [-0.39, 0.29) is 0 Å². The molecule has 1 aliphatic carbocycles. The summed E-state index contributed by atoms with van der Waals surface area (Å²) >= 11 is 1.82. The van der Waals surface area contributed by atoms with Gasteiger partial charge in [0.1, 0.15) is 0 Å². The van der Waals surface area contributed by atoms with Crippen LogP contribution in [0, 0.1) is 5.41 Å². The lowest BCUT2D eigenvalue weighted by Crippen LogP contribution is -2.45. The normalized spacial score (nSPS) is 20.8. The van der Waals surface area contributed by atoms with Gasteiger partial charge in [0, 0.05) is 6.04 Å². The smallest absolute Gasteiger partial charge is 0.0124 e. The van der Waals surface area contributed by atoms with Gasteiger partial charge in [0.05, 0.1) is 0 Å². The minimum atomic E-state index is 0.532. The van der Waals surface area contributed by atoms with Crippen molar-refractivity contribution in [3.63, 3.8) is 0 Å². The van der Waals surface area contributed by atoms with Crippen molar-refractivity contribution in [2.45, 2.75) is 64.8 Å². The van der Waals surface area contributed by atoms with E-state index in [9.17, 15) is 0 Å². The molecule has 0 aromatic carbocycles. The molecule has 1 heterocycles. The van der Waals surface area contributed by atoms with Crippen molar-refractivity contribution < 1.29 is 0 Å². The lowest BCUT2D eigenvalue weighted by atomic mass is 9.69. The van der Waals surface area contributed by atoms with Crippen molar-refractivity contribution >= 4 is 11.3 Å². The molecule has 2 heteroatoms. The summed E-state index contributed by atoms with van der Waals surface area (Å²) in [5.74, 6) is 0. The van der Waals surface area contributed by atoms with Crippen molar-refractivity contribution in [3.05, 3.63) is 22.4 Å². The van der Waals surface area contributed by atoms with Crippen molar-refractivity contribution in [1.82, 2.24) is 5.32 Å². The maximum Gasteiger partial charge on any atom is 0.0124 e. The summed E-state index contributed by atoms with van der Waals surface area (Å²) in [6.07, 6.45) is 9.65. The fourth-order valence-corrected chi connectivity index (χ4v) is 4.10. The average molecular weight is 265 g/mol. The SMILES string of the molecule is CCNC(CCc1ccsc1)C1(C)CCCCC1. The summed E-state index contributed by atoms with van der Waals surface area (Å²) in [6.45, 7) is 5.85. The van der Waals surface area contributed by atoms with E-state index in [1.54, 1.807) is 0 Å². The van der Waals surface area contributed by atoms with Gasteiger partial charge in [-0.2, -0.15) is 11.3 Å². The third-order valence-corrected chi connectivity index (χ3v) is 5.32. The zero-order chi connectivity index (χ0) is 12.8. The van der Waals surface area contributed by atoms with Crippen LogP contribution in [0.2, 0.25) is 0 Å². The van der Waals surface area contributed by atoms with Crippen LogP contribution in [0.4, 0.5) is 0 Å². The molecule has 0 bridgehead atoms. The summed E-state index contributed by atoms with van der Waals surface area (Å²) in [4.78, 5) is 0. The highest BCUT2D eigenvalue weighted by molar-refractivity contribution is 7.07. The lowest BCUT2D eigenvalue weighted by molar-refractivity contribution is 0.139. The van der Waals surface area contributed by atoms with E-state index in [1.807, 2.05) is 11.3 Å². The Labute approximate surface area is 116 Å². The van der Waals surface area contributed by atoms with Crippen LogP contribution in [-0.2, 0) is 6.42 Å². The molecule has 1 nitrogen and oxygen atoms in total. The number of hydrogen-bond donors (Lipinski definition) is 1. The van der Waals surface area contributed by atoms with Crippen LogP contribution >= 0.6 is 11.3 Å². The van der Waals surface area contributed by atoms with E-state index in [0.717, 1.165) is 6.54 Å². The fraction of sp³-hybridized carbons (Fsp3) is 0.750. The topological polar surface area (TPSA) is 12.0 Å². The molecule has 2 rings (SSSR count). The van der Waals surface area contributed by atoms with E-state index < -0.39 is 0 Å². The summed E-state index contributed by atoms with van der Waals surface area (Å²) in [5, 5.41) is 8.25. The van der Waals surface area contributed by atoms with E-state index in [1.165, 1.54) is 50.5 Å². The van der Waals surface area contributed by atoms with E-state index in [2.05, 4.69) is 36.0 Å². The average Bonchev–Trinajstić information content (AvgIpc) is 2.88. The summed E-state index contributed by atoms with van der Waals surface area (Å²) < 4.78 is 0. The van der Waals surface area contributed by atoms with Crippen LogP contribution in [-0.4, -0.2) is 12.6 Å². The molecule has 1 N–H and O–H groups in total. The number of aryl methyl sites for hydroxylation is 1. The van der Waals surface area contributed by atoms with Crippen LogP contribution in [0.25, 0.3) is 0 Å². The van der Waals surface area contributed by atoms with E-state index in [0.29, 0.717) is 11.5 Å². The molecule has 18 heavy (non-hydrogen) atoms. The van der Waals surface area contributed by atoms with E-state index >= 15 is 0 Å². The molecule has 102 valence electrons. The van der Waals surface area contributed by atoms with Gasteiger partial charge in [0.15, 0.2) is 0 Å². The van der Waals surface area contributed by atoms with Gasteiger partial charge in [-0.25, -0.2) is 0 Å². The Morgan fingerprint density at radius 2 is 2.11 bits per heavy atom. The molecule has 1 aliphatic rings. The minimum absolute atomic E-state index is 0.532. The molecule has 1 aromatic rings. The molecule has 0 spiro atoms. The summed E-state index contributed by atoms with van der Waals surface area (Å²) in [6, 6.07) is 2.97. The van der Waals surface area contributed by atoms with Crippen LogP contribution < -0.4 is 5.32 Å².